The van der Waals surface area contributed by atoms with Gasteiger partial charge in [0.05, 0.1) is 0 Å². The van der Waals surface area contributed by atoms with Gasteiger partial charge in [0.1, 0.15) is 0 Å². The van der Waals surface area contributed by atoms with E-state index in [0.717, 1.165) is 12.0 Å². The summed E-state index contributed by atoms with van der Waals surface area (Å²) in [6.45, 7) is 11.0. The lowest BCUT2D eigenvalue weighted by Crippen LogP contribution is -2.51. The highest BCUT2D eigenvalue weighted by molar-refractivity contribution is 4.97. The van der Waals surface area contributed by atoms with E-state index in [9.17, 15) is 0 Å². The highest BCUT2D eigenvalue weighted by Crippen LogP contribution is 2.32. The maximum absolute atomic E-state index is 3.87. The second kappa shape index (κ2) is 6.38. The van der Waals surface area contributed by atoms with Gasteiger partial charge in [-0.1, -0.05) is 33.1 Å². The van der Waals surface area contributed by atoms with Crippen LogP contribution >= 0.6 is 0 Å². The Hall–Kier alpha value is -0.0800. The Kier molecular flexibility index (Phi) is 5.08. The van der Waals surface area contributed by atoms with Crippen LogP contribution in [0.2, 0.25) is 0 Å². The summed E-state index contributed by atoms with van der Waals surface area (Å²) < 4.78 is 0. The summed E-state index contributed by atoms with van der Waals surface area (Å²) in [4.78, 5) is 2.78. The van der Waals surface area contributed by atoms with Gasteiger partial charge in [0.25, 0.3) is 0 Å². The van der Waals surface area contributed by atoms with Gasteiger partial charge >= 0.3 is 0 Å². The molecule has 0 aromatic rings. The highest BCUT2D eigenvalue weighted by Gasteiger charge is 2.37. The molecule has 2 heteroatoms. The molecule has 1 saturated heterocycles. The standard InChI is InChI=1S/C16H32N2/c1-4-14(2)12-15(3)18-11-7-10-17-16(13-18)8-5-6-9-16/h14-15,17H,4-13H2,1-3H3. The Morgan fingerprint density at radius 3 is 2.56 bits per heavy atom. The first-order valence-electron chi connectivity index (χ1n) is 8.14. The Morgan fingerprint density at radius 1 is 1.17 bits per heavy atom. The van der Waals surface area contributed by atoms with Crippen molar-refractivity contribution in [1.82, 2.24) is 10.2 Å². The molecule has 1 aliphatic carbocycles. The Labute approximate surface area is 114 Å². The van der Waals surface area contributed by atoms with Crippen LogP contribution in [-0.2, 0) is 0 Å². The molecule has 2 rings (SSSR count). The molecular weight excluding hydrogens is 220 g/mol. The van der Waals surface area contributed by atoms with E-state index in [0.29, 0.717) is 5.54 Å². The maximum atomic E-state index is 3.87. The van der Waals surface area contributed by atoms with Crippen LogP contribution in [0.25, 0.3) is 0 Å². The fraction of sp³-hybridized carbons (Fsp3) is 1.00. The third-order valence-corrected chi connectivity index (χ3v) is 5.25. The van der Waals surface area contributed by atoms with Crippen molar-refractivity contribution in [2.75, 3.05) is 19.6 Å². The summed E-state index contributed by atoms with van der Waals surface area (Å²) in [5.74, 6) is 0.871. The average Bonchev–Trinajstić information content (AvgIpc) is 2.70. The largest absolute Gasteiger partial charge is 0.310 e. The zero-order valence-electron chi connectivity index (χ0n) is 12.7. The second-order valence-electron chi connectivity index (χ2n) is 6.84. The van der Waals surface area contributed by atoms with Gasteiger partial charge in [-0.05, 0) is 51.6 Å². The number of hydrogen-bond donors (Lipinski definition) is 1. The first-order chi connectivity index (χ1) is 8.65. The normalized spacial score (nSPS) is 28.2. The zero-order chi connectivity index (χ0) is 13.0. The monoisotopic (exact) mass is 252 g/mol. The summed E-state index contributed by atoms with van der Waals surface area (Å²) >= 11 is 0. The molecule has 2 nitrogen and oxygen atoms in total. The Morgan fingerprint density at radius 2 is 1.89 bits per heavy atom. The lowest BCUT2D eigenvalue weighted by molar-refractivity contribution is 0.147. The smallest absolute Gasteiger partial charge is 0.0308 e. The summed E-state index contributed by atoms with van der Waals surface area (Å²) in [5, 5.41) is 3.87. The van der Waals surface area contributed by atoms with Gasteiger partial charge in [0.15, 0.2) is 0 Å². The molecule has 0 amide bonds. The van der Waals surface area contributed by atoms with Crippen molar-refractivity contribution in [2.45, 2.75) is 77.3 Å². The first kappa shape index (κ1) is 14.3. The molecular formula is C16H32N2. The lowest BCUT2D eigenvalue weighted by Gasteiger charge is -2.37. The zero-order valence-corrected chi connectivity index (χ0v) is 12.7. The molecule has 2 fully saturated rings. The molecule has 1 N–H and O–H groups in total. The third kappa shape index (κ3) is 3.48. The van der Waals surface area contributed by atoms with Crippen LogP contribution in [0, 0.1) is 5.92 Å². The molecule has 0 bridgehead atoms. The average molecular weight is 252 g/mol. The Balaban J connectivity index is 1.94. The van der Waals surface area contributed by atoms with Crippen LogP contribution in [0.5, 0.6) is 0 Å². The van der Waals surface area contributed by atoms with E-state index in [-0.39, 0.29) is 0 Å². The van der Waals surface area contributed by atoms with Crippen molar-refractivity contribution in [3.05, 3.63) is 0 Å². The highest BCUT2D eigenvalue weighted by atomic mass is 15.2. The van der Waals surface area contributed by atoms with Crippen molar-refractivity contribution in [2.24, 2.45) is 5.92 Å². The summed E-state index contributed by atoms with van der Waals surface area (Å²) in [6.07, 6.45) is 9.68. The fourth-order valence-corrected chi connectivity index (χ4v) is 3.82. The van der Waals surface area contributed by atoms with Crippen molar-refractivity contribution in [3.8, 4) is 0 Å². The summed E-state index contributed by atoms with van der Waals surface area (Å²) in [5.41, 5.74) is 0.472. The fourth-order valence-electron chi connectivity index (χ4n) is 3.82. The number of rotatable bonds is 4. The maximum Gasteiger partial charge on any atom is 0.0308 e. The quantitative estimate of drug-likeness (QED) is 0.825. The molecule has 18 heavy (non-hydrogen) atoms. The van der Waals surface area contributed by atoms with E-state index in [1.807, 2.05) is 0 Å². The van der Waals surface area contributed by atoms with Crippen LogP contribution in [0.15, 0.2) is 0 Å². The van der Waals surface area contributed by atoms with Crippen molar-refractivity contribution < 1.29 is 0 Å². The van der Waals surface area contributed by atoms with Crippen LogP contribution in [0.4, 0.5) is 0 Å². The number of nitrogens with one attached hydrogen (secondary N) is 1. The van der Waals surface area contributed by atoms with Crippen LogP contribution in [0.1, 0.15) is 65.7 Å². The van der Waals surface area contributed by atoms with Crippen LogP contribution in [-0.4, -0.2) is 36.1 Å². The minimum atomic E-state index is 0.472. The summed E-state index contributed by atoms with van der Waals surface area (Å²) in [7, 11) is 0. The Bertz CT molecular complexity index is 245. The van der Waals surface area contributed by atoms with E-state index in [4.69, 9.17) is 0 Å². The third-order valence-electron chi connectivity index (χ3n) is 5.25. The van der Waals surface area contributed by atoms with E-state index >= 15 is 0 Å². The predicted molar refractivity (Wildman–Crippen MR) is 78.9 cm³/mol. The molecule has 1 aliphatic heterocycles. The molecule has 2 unspecified atom stereocenters. The first-order valence-corrected chi connectivity index (χ1v) is 8.14. The lowest BCUT2D eigenvalue weighted by atomic mass is 9.94. The van der Waals surface area contributed by atoms with Gasteiger partial charge in [-0.25, -0.2) is 0 Å². The van der Waals surface area contributed by atoms with Crippen LogP contribution < -0.4 is 5.32 Å². The van der Waals surface area contributed by atoms with Crippen molar-refractivity contribution in [3.63, 3.8) is 0 Å². The second-order valence-corrected chi connectivity index (χ2v) is 6.84. The number of nitrogens with zero attached hydrogens (tertiary/aromatic N) is 1. The summed E-state index contributed by atoms with van der Waals surface area (Å²) in [6, 6.07) is 0.761. The van der Waals surface area contributed by atoms with E-state index < -0.39 is 0 Å². The molecule has 1 heterocycles. The predicted octanol–water partition coefficient (Wildman–Crippen LogP) is 3.42. The molecule has 1 spiro atoms. The van der Waals surface area contributed by atoms with Gasteiger partial charge in [-0.15, -0.1) is 0 Å². The molecule has 0 aromatic heterocycles. The van der Waals surface area contributed by atoms with Crippen LogP contribution in [0.3, 0.4) is 0 Å². The topological polar surface area (TPSA) is 15.3 Å². The van der Waals surface area contributed by atoms with E-state index in [1.54, 1.807) is 0 Å². The van der Waals surface area contributed by atoms with Crippen molar-refractivity contribution >= 4 is 0 Å². The minimum absolute atomic E-state index is 0.472. The molecule has 106 valence electrons. The van der Waals surface area contributed by atoms with Gasteiger partial charge in [-0.2, -0.15) is 0 Å². The number of hydrogen-bond acceptors (Lipinski definition) is 2. The molecule has 0 radical (unpaired) electrons. The molecule has 0 aromatic carbocycles. The van der Waals surface area contributed by atoms with Gasteiger partial charge in [0, 0.05) is 18.1 Å². The molecule has 2 aliphatic rings. The van der Waals surface area contributed by atoms with Gasteiger partial charge < -0.3 is 5.32 Å². The van der Waals surface area contributed by atoms with Gasteiger partial charge in [0.2, 0.25) is 0 Å². The van der Waals surface area contributed by atoms with Gasteiger partial charge in [-0.3, -0.25) is 4.90 Å². The molecule has 2 atom stereocenters. The molecule has 1 saturated carbocycles. The van der Waals surface area contributed by atoms with E-state index in [1.165, 1.54) is 64.6 Å². The SMILES string of the molecule is CCC(C)CC(C)N1CCCNC2(CCCC2)C1. The minimum Gasteiger partial charge on any atom is -0.310 e. The van der Waals surface area contributed by atoms with Crippen molar-refractivity contribution in [1.29, 1.82) is 0 Å². The van der Waals surface area contributed by atoms with E-state index in [2.05, 4.69) is 31.0 Å².